The first-order valence-corrected chi connectivity index (χ1v) is 6.74. The third kappa shape index (κ3) is 4.14. The standard InChI is InChI=1S/C13H19FOS/c1-3-4-5-8-16-13-7-6-11(10(2)15)9-12(13)14/h6-7,9-10,15H,3-5,8H2,1-2H3. The fourth-order valence-electron chi connectivity index (χ4n) is 1.43. The molecule has 0 amide bonds. The Morgan fingerprint density at radius 2 is 2.12 bits per heavy atom. The molecule has 1 aromatic carbocycles. The van der Waals surface area contributed by atoms with Gasteiger partial charge in [-0.2, -0.15) is 0 Å². The molecule has 16 heavy (non-hydrogen) atoms. The number of aliphatic hydroxyl groups is 1. The van der Waals surface area contributed by atoms with Crippen molar-refractivity contribution in [1.29, 1.82) is 0 Å². The number of halogens is 1. The van der Waals surface area contributed by atoms with Crippen molar-refractivity contribution in [3.05, 3.63) is 29.6 Å². The van der Waals surface area contributed by atoms with Crippen LogP contribution < -0.4 is 0 Å². The van der Waals surface area contributed by atoms with Gasteiger partial charge in [-0.3, -0.25) is 0 Å². The van der Waals surface area contributed by atoms with E-state index >= 15 is 0 Å². The first-order valence-electron chi connectivity index (χ1n) is 5.75. The number of unbranched alkanes of at least 4 members (excludes halogenated alkanes) is 2. The monoisotopic (exact) mass is 242 g/mol. The maximum absolute atomic E-state index is 13.6. The SMILES string of the molecule is CCCCCSc1ccc(C(C)O)cc1F. The highest BCUT2D eigenvalue weighted by atomic mass is 32.2. The molecule has 1 aromatic rings. The van der Waals surface area contributed by atoms with Crippen molar-refractivity contribution >= 4 is 11.8 Å². The van der Waals surface area contributed by atoms with Gasteiger partial charge in [0.1, 0.15) is 5.82 Å². The van der Waals surface area contributed by atoms with Crippen LogP contribution in [0.3, 0.4) is 0 Å². The van der Waals surface area contributed by atoms with E-state index in [1.165, 1.54) is 18.9 Å². The third-order valence-corrected chi connectivity index (χ3v) is 3.58. The van der Waals surface area contributed by atoms with Crippen molar-refractivity contribution in [2.24, 2.45) is 0 Å². The van der Waals surface area contributed by atoms with Gasteiger partial charge in [0, 0.05) is 4.90 Å². The van der Waals surface area contributed by atoms with E-state index in [1.54, 1.807) is 30.8 Å². The van der Waals surface area contributed by atoms with Gasteiger partial charge in [0.25, 0.3) is 0 Å². The molecule has 90 valence electrons. The minimum Gasteiger partial charge on any atom is -0.389 e. The van der Waals surface area contributed by atoms with Gasteiger partial charge >= 0.3 is 0 Å². The van der Waals surface area contributed by atoms with Crippen molar-refractivity contribution < 1.29 is 9.50 Å². The van der Waals surface area contributed by atoms with Gasteiger partial charge in [0.2, 0.25) is 0 Å². The molecule has 0 saturated carbocycles. The van der Waals surface area contributed by atoms with Crippen molar-refractivity contribution in [2.75, 3.05) is 5.75 Å². The molecule has 0 radical (unpaired) electrons. The van der Waals surface area contributed by atoms with Gasteiger partial charge in [0.05, 0.1) is 6.10 Å². The summed E-state index contributed by atoms with van der Waals surface area (Å²) < 4.78 is 13.6. The van der Waals surface area contributed by atoms with Crippen LogP contribution in [-0.2, 0) is 0 Å². The van der Waals surface area contributed by atoms with Gasteiger partial charge in [-0.25, -0.2) is 4.39 Å². The number of thioether (sulfide) groups is 1. The van der Waals surface area contributed by atoms with E-state index in [2.05, 4.69) is 6.92 Å². The fraction of sp³-hybridized carbons (Fsp3) is 0.538. The third-order valence-electron chi connectivity index (χ3n) is 2.44. The molecule has 1 N–H and O–H groups in total. The summed E-state index contributed by atoms with van der Waals surface area (Å²) in [6.45, 7) is 3.80. The predicted octanol–water partition coefficient (Wildman–Crippen LogP) is 4.16. The highest BCUT2D eigenvalue weighted by molar-refractivity contribution is 7.99. The van der Waals surface area contributed by atoms with Crippen LogP contribution in [0, 0.1) is 5.82 Å². The summed E-state index contributed by atoms with van der Waals surface area (Å²) in [5.74, 6) is 0.735. The molecule has 1 rings (SSSR count). The van der Waals surface area contributed by atoms with Gasteiger partial charge < -0.3 is 5.11 Å². The Bertz CT molecular complexity index is 326. The zero-order valence-electron chi connectivity index (χ0n) is 9.87. The molecular weight excluding hydrogens is 223 g/mol. The fourth-order valence-corrected chi connectivity index (χ4v) is 2.36. The molecule has 0 aliphatic heterocycles. The Morgan fingerprint density at radius 1 is 1.38 bits per heavy atom. The molecule has 0 spiro atoms. The highest BCUT2D eigenvalue weighted by Gasteiger charge is 2.07. The van der Waals surface area contributed by atoms with Gasteiger partial charge in [-0.05, 0) is 36.8 Å². The summed E-state index contributed by atoms with van der Waals surface area (Å²) in [5.41, 5.74) is 0.635. The van der Waals surface area contributed by atoms with Gasteiger partial charge in [-0.15, -0.1) is 11.8 Å². The Labute approximate surface area is 101 Å². The zero-order chi connectivity index (χ0) is 12.0. The molecule has 3 heteroatoms. The second-order valence-corrected chi connectivity index (χ2v) is 5.06. The molecule has 0 saturated heterocycles. The number of hydrogen-bond acceptors (Lipinski definition) is 2. The number of hydrogen-bond donors (Lipinski definition) is 1. The molecule has 1 nitrogen and oxygen atoms in total. The summed E-state index contributed by atoms with van der Waals surface area (Å²) in [5, 5.41) is 9.31. The van der Waals surface area contributed by atoms with Crippen molar-refractivity contribution in [3.63, 3.8) is 0 Å². The lowest BCUT2D eigenvalue weighted by atomic mass is 10.1. The Balaban J connectivity index is 2.54. The van der Waals surface area contributed by atoms with Crippen LogP contribution in [0.15, 0.2) is 23.1 Å². The van der Waals surface area contributed by atoms with E-state index in [-0.39, 0.29) is 5.82 Å². The molecule has 0 aliphatic carbocycles. The second kappa shape index (κ2) is 6.92. The van der Waals surface area contributed by atoms with Crippen LogP contribution in [0.1, 0.15) is 44.8 Å². The zero-order valence-corrected chi connectivity index (χ0v) is 10.7. The summed E-state index contributed by atoms with van der Waals surface area (Å²) in [6, 6.07) is 4.97. The lowest BCUT2D eigenvalue weighted by Crippen LogP contribution is -1.93. The molecule has 0 aromatic heterocycles. The molecule has 0 heterocycles. The van der Waals surface area contributed by atoms with Crippen molar-refractivity contribution in [1.82, 2.24) is 0 Å². The summed E-state index contributed by atoms with van der Waals surface area (Å²) in [6.07, 6.45) is 2.90. The molecular formula is C13H19FOS. The van der Waals surface area contributed by atoms with Crippen molar-refractivity contribution in [3.8, 4) is 0 Å². The number of benzene rings is 1. The van der Waals surface area contributed by atoms with E-state index in [0.717, 1.165) is 12.2 Å². The van der Waals surface area contributed by atoms with E-state index in [1.807, 2.05) is 0 Å². The second-order valence-electron chi connectivity index (χ2n) is 3.92. The molecule has 1 unspecified atom stereocenters. The van der Waals surface area contributed by atoms with Crippen molar-refractivity contribution in [2.45, 2.75) is 44.1 Å². The minimum atomic E-state index is -0.603. The van der Waals surface area contributed by atoms with E-state index < -0.39 is 6.10 Å². The normalized spacial score (nSPS) is 12.8. The van der Waals surface area contributed by atoms with Crippen LogP contribution >= 0.6 is 11.8 Å². The largest absolute Gasteiger partial charge is 0.389 e. The van der Waals surface area contributed by atoms with Crippen LogP contribution in [-0.4, -0.2) is 10.9 Å². The summed E-state index contributed by atoms with van der Waals surface area (Å²) in [4.78, 5) is 0.681. The molecule has 1 atom stereocenters. The van der Waals surface area contributed by atoms with Crippen LogP contribution in [0.4, 0.5) is 4.39 Å². The van der Waals surface area contributed by atoms with Gasteiger partial charge in [-0.1, -0.05) is 25.8 Å². The van der Waals surface area contributed by atoms with Crippen LogP contribution in [0.2, 0.25) is 0 Å². The Kier molecular flexibility index (Phi) is 5.85. The average Bonchev–Trinajstić information content (AvgIpc) is 2.26. The first-order chi connectivity index (χ1) is 7.65. The lowest BCUT2D eigenvalue weighted by Gasteiger charge is -2.07. The van der Waals surface area contributed by atoms with E-state index in [0.29, 0.717) is 10.5 Å². The molecule has 0 aliphatic rings. The average molecular weight is 242 g/mol. The maximum atomic E-state index is 13.6. The van der Waals surface area contributed by atoms with E-state index in [4.69, 9.17) is 0 Å². The van der Waals surface area contributed by atoms with Crippen LogP contribution in [0.5, 0.6) is 0 Å². The predicted molar refractivity (Wildman–Crippen MR) is 67.3 cm³/mol. The lowest BCUT2D eigenvalue weighted by molar-refractivity contribution is 0.198. The minimum absolute atomic E-state index is 0.222. The highest BCUT2D eigenvalue weighted by Crippen LogP contribution is 2.25. The quantitative estimate of drug-likeness (QED) is 0.597. The first kappa shape index (κ1) is 13.5. The van der Waals surface area contributed by atoms with E-state index in [9.17, 15) is 9.50 Å². The Morgan fingerprint density at radius 3 is 2.69 bits per heavy atom. The number of aliphatic hydroxyl groups excluding tert-OH is 1. The Hall–Kier alpha value is -0.540. The molecule has 0 bridgehead atoms. The molecule has 0 fully saturated rings. The van der Waals surface area contributed by atoms with Gasteiger partial charge in [0.15, 0.2) is 0 Å². The summed E-state index contributed by atoms with van der Waals surface area (Å²) in [7, 11) is 0. The smallest absolute Gasteiger partial charge is 0.137 e. The van der Waals surface area contributed by atoms with Crippen LogP contribution in [0.25, 0.3) is 0 Å². The topological polar surface area (TPSA) is 20.2 Å². The maximum Gasteiger partial charge on any atom is 0.137 e. The summed E-state index contributed by atoms with van der Waals surface area (Å²) >= 11 is 1.55. The number of rotatable bonds is 6.